The molecule has 2 aromatic rings. The minimum atomic E-state index is -1.04. The summed E-state index contributed by atoms with van der Waals surface area (Å²) in [6, 6.07) is 11.3. The topological polar surface area (TPSA) is 95.5 Å². The Labute approximate surface area is 140 Å². The van der Waals surface area contributed by atoms with Crippen molar-refractivity contribution in [2.45, 2.75) is 11.1 Å². The first kappa shape index (κ1) is 17.1. The maximum absolute atomic E-state index is 10.8. The van der Waals surface area contributed by atoms with E-state index in [9.17, 15) is 20.2 Å². The Balaban J connectivity index is 2.14. The van der Waals surface area contributed by atoms with Crippen molar-refractivity contribution in [1.82, 2.24) is 0 Å². The molecule has 0 unspecified atom stereocenters. The molecule has 7 nitrogen and oxygen atoms in total. The SMILES string of the molecule is O=[N+]([O-])c1cccc([C@H](Cl)O[C@@H](Cl)c2cccc([N+](=O)[O-])c2)c1. The lowest BCUT2D eigenvalue weighted by atomic mass is 10.2. The van der Waals surface area contributed by atoms with E-state index in [4.69, 9.17) is 27.9 Å². The van der Waals surface area contributed by atoms with E-state index >= 15 is 0 Å². The molecular weight excluding hydrogens is 347 g/mol. The summed E-state index contributed by atoms with van der Waals surface area (Å²) in [7, 11) is 0. The molecule has 0 saturated carbocycles. The van der Waals surface area contributed by atoms with E-state index in [2.05, 4.69) is 0 Å². The summed E-state index contributed by atoms with van der Waals surface area (Å²) >= 11 is 12.1. The van der Waals surface area contributed by atoms with Crippen LogP contribution in [0.2, 0.25) is 0 Å². The standard InChI is InChI=1S/C14H10Cl2N2O5/c15-13(9-3-1-5-11(7-9)17(19)20)23-14(16)10-4-2-6-12(8-10)18(21)22/h1-8,13-14H/t13-,14-/m1/s1. The van der Waals surface area contributed by atoms with Crippen LogP contribution in [0.1, 0.15) is 22.3 Å². The number of halogens is 2. The van der Waals surface area contributed by atoms with Crippen LogP contribution in [-0.2, 0) is 4.74 Å². The molecule has 0 aliphatic heterocycles. The van der Waals surface area contributed by atoms with E-state index in [0.29, 0.717) is 11.1 Å². The Kier molecular flexibility index (Phi) is 5.49. The molecule has 120 valence electrons. The molecule has 0 aliphatic carbocycles. The molecule has 0 fully saturated rings. The number of hydrogen-bond donors (Lipinski definition) is 0. The van der Waals surface area contributed by atoms with Gasteiger partial charge in [-0.15, -0.1) is 0 Å². The number of non-ortho nitro benzene ring substituents is 2. The Bertz CT molecular complexity index is 679. The molecule has 0 heterocycles. The van der Waals surface area contributed by atoms with E-state index in [-0.39, 0.29) is 11.4 Å². The summed E-state index contributed by atoms with van der Waals surface area (Å²) in [5.74, 6) is 0. The summed E-state index contributed by atoms with van der Waals surface area (Å²) in [6.45, 7) is 0. The summed E-state index contributed by atoms with van der Waals surface area (Å²) in [5.41, 5.74) is -1.63. The van der Waals surface area contributed by atoms with Gasteiger partial charge in [-0.1, -0.05) is 47.5 Å². The van der Waals surface area contributed by atoms with Crippen molar-refractivity contribution in [3.05, 3.63) is 79.9 Å². The summed E-state index contributed by atoms with van der Waals surface area (Å²) in [6.07, 6.45) is 0. The first-order chi connectivity index (χ1) is 10.9. The second kappa shape index (κ2) is 7.36. The highest BCUT2D eigenvalue weighted by atomic mass is 35.5. The highest BCUT2D eigenvalue weighted by molar-refractivity contribution is 6.22. The van der Waals surface area contributed by atoms with Gasteiger partial charge in [-0.3, -0.25) is 20.2 Å². The van der Waals surface area contributed by atoms with Crippen LogP contribution in [0.25, 0.3) is 0 Å². The summed E-state index contributed by atoms with van der Waals surface area (Å²) in [4.78, 5) is 20.4. The minimum Gasteiger partial charge on any atom is -0.335 e. The first-order valence-electron chi connectivity index (χ1n) is 6.31. The van der Waals surface area contributed by atoms with Crippen LogP contribution in [0.15, 0.2) is 48.5 Å². The third kappa shape index (κ3) is 4.38. The smallest absolute Gasteiger partial charge is 0.269 e. The van der Waals surface area contributed by atoms with Crippen molar-refractivity contribution in [3.8, 4) is 0 Å². The zero-order valence-corrected chi connectivity index (χ0v) is 13.0. The van der Waals surface area contributed by atoms with Gasteiger partial charge in [-0.2, -0.15) is 0 Å². The lowest BCUT2D eigenvalue weighted by Crippen LogP contribution is -2.03. The van der Waals surface area contributed by atoms with Gasteiger partial charge in [0, 0.05) is 35.4 Å². The van der Waals surface area contributed by atoms with Crippen molar-refractivity contribution in [2.75, 3.05) is 0 Å². The molecule has 0 amide bonds. The molecule has 2 atom stereocenters. The molecule has 0 aliphatic rings. The third-order valence-electron chi connectivity index (χ3n) is 2.93. The zero-order chi connectivity index (χ0) is 17.0. The molecular formula is C14H10Cl2N2O5. The monoisotopic (exact) mass is 356 g/mol. The number of hydrogen-bond acceptors (Lipinski definition) is 5. The van der Waals surface area contributed by atoms with Crippen LogP contribution >= 0.6 is 23.2 Å². The molecule has 2 aromatic carbocycles. The van der Waals surface area contributed by atoms with Crippen molar-refractivity contribution >= 4 is 34.6 Å². The van der Waals surface area contributed by atoms with Gasteiger partial charge in [-0.25, -0.2) is 0 Å². The average molecular weight is 357 g/mol. The van der Waals surface area contributed by atoms with E-state index in [1.165, 1.54) is 36.4 Å². The van der Waals surface area contributed by atoms with Crippen LogP contribution < -0.4 is 0 Å². The maximum atomic E-state index is 10.8. The van der Waals surface area contributed by atoms with Crippen LogP contribution in [0.3, 0.4) is 0 Å². The molecule has 0 radical (unpaired) electrons. The summed E-state index contributed by atoms with van der Waals surface area (Å²) in [5, 5.41) is 21.5. The van der Waals surface area contributed by atoms with E-state index in [0.717, 1.165) is 0 Å². The van der Waals surface area contributed by atoms with E-state index < -0.39 is 21.0 Å². The average Bonchev–Trinajstić information content (AvgIpc) is 2.54. The number of ether oxygens (including phenoxy) is 1. The van der Waals surface area contributed by atoms with Gasteiger partial charge in [0.1, 0.15) is 0 Å². The van der Waals surface area contributed by atoms with Gasteiger partial charge in [0.2, 0.25) is 0 Å². The van der Waals surface area contributed by atoms with Crippen molar-refractivity contribution < 1.29 is 14.6 Å². The van der Waals surface area contributed by atoms with Crippen LogP contribution in [0.5, 0.6) is 0 Å². The van der Waals surface area contributed by atoms with Gasteiger partial charge in [0.15, 0.2) is 11.1 Å². The Morgan fingerprint density at radius 2 is 1.22 bits per heavy atom. The Morgan fingerprint density at radius 3 is 1.57 bits per heavy atom. The van der Waals surface area contributed by atoms with Crippen LogP contribution in [-0.4, -0.2) is 9.85 Å². The number of nitro benzene ring substituents is 2. The second-order valence-electron chi connectivity index (χ2n) is 4.47. The second-order valence-corrected chi connectivity index (χ2v) is 5.27. The van der Waals surface area contributed by atoms with Gasteiger partial charge >= 0.3 is 0 Å². The quantitative estimate of drug-likeness (QED) is 0.424. The van der Waals surface area contributed by atoms with Gasteiger partial charge in [0.25, 0.3) is 11.4 Å². The van der Waals surface area contributed by atoms with E-state index in [1.54, 1.807) is 12.1 Å². The fraction of sp³-hybridized carbons (Fsp3) is 0.143. The largest absolute Gasteiger partial charge is 0.335 e. The number of benzene rings is 2. The lowest BCUT2D eigenvalue weighted by Gasteiger charge is -2.16. The maximum Gasteiger partial charge on any atom is 0.269 e. The molecule has 0 N–H and O–H groups in total. The molecule has 0 saturated heterocycles. The molecule has 0 spiro atoms. The van der Waals surface area contributed by atoms with Gasteiger partial charge in [-0.05, 0) is 0 Å². The first-order valence-corrected chi connectivity index (χ1v) is 7.18. The number of nitrogens with zero attached hydrogens (tertiary/aromatic N) is 2. The van der Waals surface area contributed by atoms with Crippen molar-refractivity contribution in [3.63, 3.8) is 0 Å². The molecule has 23 heavy (non-hydrogen) atoms. The predicted molar refractivity (Wildman–Crippen MR) is 84.5 cm³/mol. The fourth-order valence-electron chi connectivity index (χ4n) is 1.82. The van der Waals surface area contributed by atoms with Crippen molar-refractivity contribution in [1.29, 1.82) is 0 Å². The predicted octanol–water partition coefficient (Wildman–Crippen LogP) is 4.69. The molecule has 0 aromatic heterocycles. The number of alkyl halides is 2. The van der Waals surface area contributed by atoms with Gasteiger partial charge < -0.3 is 4.74 Å². The third-order valence-corrected chi connectivity index (χ3v) is 3.63. The van der Waals surface area contributed by atoms with Gasteiger partial charge in [0.05, 0.1) is 9.85 Å². The van der Waals surface area contributed by atoms with E-state index in [1.807, 2.05) is 0 Å². The Hall–Kier alpha value is -2.22. The van der Waals surface area contributed by atoms with Crippen molar-refractivity contribution in [2.24, 2.45) is 0 Å². The highest BCUT2D eigenvalue weighted by Crippen LogP contribution is 2.34. The summed E-state index contributed by atoms with van der Waals surface area (Å²) < 4.78 is 5.38. The minimum absolute atomic E-state index is 0.127. The highest BCUT2D eigenvalue weighted by Gasteiger charge is 2.19. The van der Waals surface area contributed by atoms with Crippen LogP contribution in [0.4, 0.5) is 11.4 Å². The molecule has 9 heteroatoms. The molecule has 0 bridgehead atoms. The number of rotatable bonds is 6. The Morgan fingerprint density at radius 1 is 0.826 bits per heavy atom. The molecule has 2 rings (SSSR count). The lowest BCUT2D eigenvalue weighted by molar-refractivity contribution is -0.385. The number of nitro groups is 2. The van der Waals surface area contributed by atoms with Crippen LogP contribution in [0, 0.1) is 20.2 Å². The fourth-order valence-corrected chi connectivity index (χ4v) is 2.35. The normalized spacial score (nSPS) is 13.3. The zero-order valence-electron chi connectivity index (χ0n) is 11.5.